The van der Waals surface area contributed by atoms with E-state index in [4.69, 9.17) is 0 Å². The third-order valence-corrected chi connectivity index (χ3v) is 6.42. The number of hydrogen-bond acceptors (Lipinski definition) is 3. The molecule has 6 nitrogen and oxygen atoms in total. The molecule has 1 aliphatic heterocycles. The molecule has 0 spiro atoms. The third kappa shape index (κ3) is 3.77. The Balaban J connectivity index is 1.63. The lowest BCUT2D eigenvalue weighted by Gasteiger charge is -2.34. The van der Waals surface area contributed by atoms with Gasteiger partial charge in [0.15, 0.2) is 5.78 Å². The van der Waals surface area contributed by atoms with Gasteiger partial charge in [-0.1, -0.05) is 50.7 Å². The zero-order chi connectivity index (χ0) is 19.5. The number of fused-ring (bicyclic) bond motifs is 1. The summed E-state index contributed by atoms with van der Waals surface area (Å²) in [6.07, 6.45) is 10.4. The van der Waals surface area contributed by atoms with Gasteiger partial charge in [0.1, 0.15) is 0 Å². The molecule has 3 aliphatic rings. The van der Waals surface area contributed by atoms with Crippen molar-refractivity contribution in [2.24, 2.45) is 5.92 Å². The van der Waals surface area contributed by atoms with Gasteiger partial charge in [-0.05, 0) is 37.8 Å². The maximum atomic E-state index is 12.9. The lowest BCUT2D eigenvalue weighted by atomic mass is 9.86. The first-order chi connectivity index (χ1) is 13.6. The molecule has 1 aromatic carbocycles. The fraction of sp³-hybridized carbons (Fsp3) is 0.591. The Kier molecular flexibility index (Phi) is 5.64. The van der Waals surface area contributed by atoms with Gasteiger partial charge in [-0.3, -0.25) is 19.9 Å². The van der Waals surface area contributed by atoms with Gasteiger partial charge in [0.25, 0.3) is 0 Å². The molecule has 4 rings (SSSR count). The standard InChI is InChI=1S/C22H29N3O3/c26-20(16-9-3-1-4-10-16)15-24-18-13-7-8-14-19(18)25(22(28)23-21(24)27)17-11-5-2-6-12-17/h7-8,13-14,16-17H,1-6,9-12,15H2,(H,23,27,28). The molecule has 6 heteroatoms. The van der Waals surface area contributed by atoms with E-state index in [0.717, 1.165) is 57.1 Å². The highest BCUT2D eigenvalue weighted by atomic mass is 16.2. The molecule has 28 heavy (non-hydrogen) atoms. The molecule has 2 saturated carbocycles. The van der Waals surface area contributed by atoms with Gasteiger partial charge in [-0.15, -0.1) is 0 Å². The number of benzene rings is 1. The minimum absolute atomic E-state index is 0.0271. The molecule has 0 atom stereocenters. The van der Waals surface area contributed by atoms with Crippen molar-refractivity contribution in [3.63, 3.8) is 0 Å². The van der Waals surface area contributed by atoms with Crippen LogP contribution in [0.3, 0.4) is 0 Å². The number of urea groups is 2. The van der Waals surface area contributed by atoms with Crippen molar-refractivity contribution in [2.75, 3.05) is 16.3 Å². The second-order valence-electron chi connectivity index (χ2n) is 8.27. The largest absolute Gasteiger partial charge is 0.330 e. The molecule has 1 N–H and O–H groups in total. The van der Waals surface area contributed by atoms with E-state index >= 15 is 0 Å². The van der Waals surface area contributed by atoms with Crippen LogP contribution in [0.15, 0.2) is 24.3 Å². The zero-order valence-corrected chi connectivity index (χ0v) is 16.4. The third-order valence-electron chi connectivity index (χ3n) is 6.42. The van der Waals surface area contributed by atoms with Gasteiger partial charge in [-0.2, -0.15) is 0 Å². The van der Waals surface area contributed by atoms with Crippen LogP contribution in [0.5, 0.6) is 0 Å². The Hall–Kier alpha value is -2.37. The molecule has 1 aromatic rings. The fourth-order valence-corrected chi connectivity index (χ4v) is 4.90. The normalized spacial score (nSPS) is 21.9. The molecule has 0 radical (unpaired) electrons. The lowest BCUT2D eigenvalue weighted by molar-refractivity contribution is -0.122. The van der Waals surface area contributed by atoms with Crippen molar-refractivity contribution in [1.29, 1.82) is 0 Å². The van der Waals surface area contributed by atoms with E-state index in [-0.39, 0.29) is 30.3 Å². The Labute approximate surface area is 166 Å². The molecule has 0 bridgehead atoms. The van der Waals surface area contributed by atoms with Crippen LogP contribution in [-0.2, 0) is 4.79 Å². The maximum absolute atomic E-state index is 12.9. The second kappa shape index (κ2) is 8.33. The minimum Gasteiger partial charge on any atom is -0.297 e. The van der Waals surface area contributed by atoms with E-state index in [1.54, 1.807) is 4.90 Å². The number of carbonyl (C=O) groups excluding carboxylic acids is 3. The lowest BCUT2D eigenvalue weighted by Crippen LogP contribution is -2.50. The topological polar surface area (TPSA) is 69.7 Å². The molecule has 4 amide bonds. The molecule has 150 valence electrons. The number of nitrogens with one attached hydrogen (secondary N) is 1. The summed E-state index contributed by atoms with van der Waals surface area (Å²) >= 11 is 0. The van der Waals surface area contributed by atoms with Crippen LogP contribution >= 0.6 is 0 Å². The highest BCUT2D eigenvalue weighted by molar-refractivity contribution is 6.14. The number of anilines is 2. The summed E-state index contributed by atoms with van der Waals surface area (Å²) in [7, 11) is 0. The van der Waals surface area contributed by atoms with Crippen LogP contribution in [0, 0.1) is 5.92 Å². The molecule has 0 saturated heterocycles. The monoisotopic (exact) mass is 383 g/mol. The van der Waals surface area contributed by atoms with Crippen LogP contribution in [0.2, 0.25) is 0 Å². The summed E-state index contributed by atoms with van der Waals surface area (Å²) < 4.78 is 0. The van der Waals surface area contributed by atoms with E-state index in [1.807, 2.05) is 24.3 Å². The second-order valence-corrected chi connectivity index (χ2v) is 8.27. The number of hydrogen-bond donors (Lipinski definition) is 1. The zero-order valence-electron chi connectivity index (χ0n) is 16.4. The summed E-state index contributed by atoms with van der Waals surface area (Å²) in [5, 5.41) is 2.52. The van der Waals surface area contributed by atoms with Gasteiger partial charge in [0.2, 0.25) is 0 Å². The molecular weight excluding hydrogens is 354 g/mol. The van der Waals surface area contributed by atoms with Gasteiger partial charge in [-0.25, -0.2) is 9.59 Å². The number of imide groups is 1. The highest BCUT2D eigenvalue weighted by Gasteiger charge is 2.36. The van der Waals surface area contributed by atoms with Crippen LogP contribution in [0.1, 0.15) is 64.2 Å². The van der Waals surface area contributed by atoms with Crippen molar-refractivity contribution < 1.29 is 14.4 Å². The van der Waals surface area contributed by atoms with Crippen molar-refractivity contribution in [3.8, 4) is 0 Å². The molecular formula is C22H29N3O3. The predicted octanol–water partition coefficient (Wildman–Crippen LogP) is 4.62. The average Bonchev–Trinajstić information content (AvgIpc) is 2.83. The Morgan fingerprint density at radius 3 is 2.14 bits per heavy atom. The number of Topliss-reactive ketones (excluding diaryl/α,β-unsaturated/α-hetero) is 1. The average molecular weight is 383 g/mol. The summed E-state index contributed by atoms with van der Waals surface area (Å²) in [5.41, 5.74) is 1.38. The van der Waals surface area contributed by atoms with Gasteiger partial charge >= 0.3 is 12.1 Å². The van der Waals surface area contributed by atoms with E-state index in [1.165, 1.54) is 17.7 Å². The number of para-hydroxylation sites is 2. The van der Waals surface area contributed by atoms with E-state index in [0.29, 0.717) is 5.69 Å². The molecule has 2 aliphatic carbocycles. The Morgan fingerprint density at radius 2 is 1.46 bits per heavy atom. The van der Waals surface area contributed by atoms with Crippen molar-refractivity contribution >= 4 is 29.2 Å². The first-order valence-electron chi connectivity index (χ1n) is 10.7. The number of nitrogens with zero attached hydrogens (tertiary/aromatic N) is 2. The van der Waals surface area contributed by atoms with Crippen LogP contribution in [0.25, 0.3) is 0 Å². The van der Waals surface area contributed by atoms with E-state index in [2.05, 4.69) is 5.32 Å². The summed E-state index contributed by atoms with van der Waals surface area (Å²) in [6.45, 7) is 0.0271. The summed E-state index contributed by atoms with van der Waals surface area (Å²) in [4.78, 5) is 41.8. The Bertz CT molecular complexity index is 751. The van der Waals surface area contributed by atoms with Crippen molar-refractivity contribution in [2.45, 2.75) is 70.3 Å². The quantitative estimate of drug-likeness (QED) is 0.824. The minimum atomic E-state index is -0.500. The number of carbonyl (C=O) groups is 3. The van der Waals surface area contributed by atoms with E-state index < -0.39 is 6.03 Å². The van der Waals surface area contributed by atoms with Crippen molar-refractivity contribution in [1.82, 2.24) is 5.32 Å². The fourth-order valence-electron chi connectivity index (χ4n) is 4.90. The van der Waals surface area contributed by atoms with Gasteiger partial charge < -0.3 is 0 Å². The predicted molar refractivity (Wildman–Crippen MR) is 109 cm³/mol. The van der Waals surface area contributed by atoms with Gasteiger partial charge in [0.05, 0.1) is 17.9 Å². The van der Waals surface area contributed by atoms with Gasteiger partial charge in [0, 0.05) is 12.0 Å². The number of amides is 4. The molecule has 0 unspecified atom stereocenters. The first kappa shape index (κ1) is 19.0. The van der Waals surface area contributed by atoms with Crippen LogP contribution in [0.4, 0.5) is 21.0 Å². The van der Waals surface area contributed by atoms with Crippen LogP contribution < -0.4 is 15.1 Å². The molecule has 1 heterocycles. The maximum Gasteiger partial charge on any atom is 0.330 e. The van der Waals surface area contributed by atoms with E-state index in [9.17, 15) is 14.4 Å². The van der Waals surface area contributed by atoms with Crippen LogP contribution in [-0.4, -0.2) is 30.4 Å². The number of rotatable bonds is 4. The number of ketones is 1. The summed E-state index contributed by atoms with van der Waals surface area (Å²) in [6, 6.07) is 6.70. The molecule has 2 fully saturated rings. The Morgan fingerprint density at radius 1 is 0.857 bits per heavy atom. The first-order valence-corrected chi connectivity index (χ1v) is 10.7. The SMILES string of the molecule is O=C(CN1C(=O)NC(=O)N(C2CCCCC2)c2ccccc21)C1CCCCC1. The van der Waals surface area contributed by atoms with Crippen molar-refractivity contribution in [3.05, 3.63) is 24.3 Å². The highest BCUT2D eigenvalue weighted by Crippen LogP contribution is 2.36. The smallest absolute Gasteiger partial charge is 0.297 e. The summed E-state index contributed by atoms with van der Waals surface area (Å²) in [5.74, 6) is 0.130. The molecule has 0 aromatic heterocycles.